The molecule has 1 aliphatic rings. The van der Waals surface area contributed by atoms with E-state index in [9.17, 15) is 4.79 Å². The van der Waals surface area contributed by atoms with Crippen LogP contribution in [0.1, 0.15) is 19.3 Å². The molecule has 0 amide bonds. The number of carbonyl (C=O) groups is 1. The van der Waals surface area contributed by atoms with Crippen LogP contribution in [-0.4, -0.2) is 26.5 Å². The van der Waals surface area contributed by atoms with Crippen LogP contribution in [0.15, 0.2) is 6.33 Å². The summed E-state index contributed by atoms with van der Waals surface area (Å²) in [6, 6.07) is 0. The molecule has 5 nitrogen and oxygen atoms in total. The monoisotopic (exact) mass is 166 g/mol. The number of aromatic nitrogens is 4. The third-order valence-corrected chi connectivity index (χ3v) is 2.37. The highest BCUT2D eigenvalue weighted by Gasteiger charge is 2.41. The van der Waals surface area contributed by atoms with Crippen molar-refractivity contribution in [2.45, 2.75) is 25.8 Å². The Hall–Kier alpha value is -1.26. The molecule has 0 N–H and O–H groups in total. The van der Waals surface area contributed by atoms with Gasteiger partial charge >= 0.3 is 0 Å². The molecular formula is C7H10N4O. The zero-order valence-electron chi connectivity index (χ0n) is 6.68. The molecule has 5 heteroatoms. The molecule has 0 saturated heterocycles. The first-order valence-electron chi connectivity index (χ1n) is 4.02. The Labute approximate surface area is 69.8 Å². The fourth-order valence-corrected chi connectivity index (χ4v) is 1.21. The highest BCUT2D eigenvalue weighted by Crippen LogP contribution is 2.46. The number of rotatable bonds is 4. The van der Waals surface area contributed by atoms with Gasteiger partial charge in [0, 0.05) is 12.0 Å². The molecule has 1 saturated carbocycles. The van der Waals surface area contributed by atoms with Crippen LogP contribution in [0, 0.1) is 5.41 Å². The van der Waals surface area contributed by atoms with E-state index in [4.69, 9.17) is 0 Å². The van der Waals surface area contributed by atoms with Gasteiger partial charge in [0.05, 0.1) is 0 Å². The van der Waals surface area contributed by atoms with Gasteiger partial charge in [-0.1, -0.05) is 0 Å². The van der Waals surface area contributed by atoms with Crippen LogP contribution >= 0.6 is 0 Å². The van der Waals surface area contributed by atoms with Gasteiger partial charge in [-0.25, -0.2) is 4.68 Å². The van der Waals surface area contributed by atoms with Crippen LogP contribution in [-0.2, 0) is 11.3 Å². The Balaban J connectivity index is 1.86. The molecule has 0 atom stereocenters. The van der Waals surface area contributed by atoms with Crippen molar-refractivity contribution in [2.75, 3.05) is 0 Å². The number of hydrogen-bond donors (Lipinski definition) is 0. The number of carbonyl (C=O) groups excluding carboxylic acids is 1. The Morgan fingerprint density at radius 2 is 2.42 bits per heavy atom. The largest absolute Gasteiger partial charge is 0.303 e. The number of hydrogen-bond acceptors (Lipinski definition) is 4. The van der Waals surface area contributed by atoms with Crippen molar-refractivity contribution in [3.63, 3.8) is 0 Å². The van der Waals surface area contributed by atoms with Gasteiger partial charge in [0.15, 0.2) is 0 Å². The van der Waals surface area contributed by atoms with Gasteiger partial charge in [-0.05, 0) is 29.7 Å². The van der Waals surface area contributed by atoms with E-state index < -0.39 is 0 Å². The van der Waals surface area contributed by atoms with Crippen LogP contribution in [0.4, 0.5) is 0 Å². The van der Waals surface area contributed by atoms with E-state index in [0.29, 0.717) is 0 Å². The summed E-state index contributed by atoms with van der Waals surface area (Å²) in [6.45, 7) is 0.742. The first-order chi connectivity index (χ1) is 5.85. The van der Waals surface area contributed by atoms with Crippen LogP contribution in [0.2, 0.25) is 0 Å². The maximum absolute atomic E-state index is 10.6. The van der Waals surface area contributed by atoms with Gasteiger partial charge < -0.3 is 4.79 Å². The Morgan fingerprint density at radius 1 is 1.58 bits per heavy atom. The van der Waals surface area contributed by atoms with Crippen molar-refractivity contribution in [2.24, 2.45) is 5.41 Å². The zero-order chi connectivity index (χ0) is 8.44. The van der Waals surface area contributed by atoms with Crippen LogP contribution in [0.3, 0.4) is 0 Å². The summed E-state index contributed by atoms with van der Waals surface area (Å²) in [5.41, 5.74) is -0.0358. The fraction of sp³-hybridized carbons (Fsp3) is 0.714. The van der Waals surface area contributed by atoms with E-state index in [-0.39, 0.29) is 5.41 Å². The van der Waals surface area contributed by atoms with Gasteiger partial charge in [-0.3, -0.25) is 0 Å². The second kappa shape index (κ2) is 2.66. The molecule has 0 bridgehead atoms. The standard InChI is InChI=1S/C7H10N4O/c12-5-7(1-2-7)3-4-11-6-8-9-10-11/h5-6H,1-4H2. The SMILES string of the molecule is O=CC1(CCn2cnnn2)CC1. The van der Waals surface area contributed by atoms with E-state index in [1.54, 1.807) is 11.0 Å². The molecule has 1 aromatic heterocycles. The molecule has 2 rings (SSSR count). The first-order valence-corrected chi connectivity index (χ1v) is 4.02. The van der Waals surface area contributed by atoms with Gasteiger partial charge in [0.2, 0.25) is 0 Å². The third kappa shape index (κ3) is 1.34. The van der Waals surface area contributed by atoms with Gasteiger partial charge in [-0.2, -0.15) is 0 Å². The highest BCUT2D eigenvalue weighted by molar-refractivity contribution is 5.63. The first kappa shape index (κ1) is 7.39. The number of nitrogens with zero attached hydrogens (tertiary/aromatic N) is 4. The lowest BCUT2D eigenvalue weighted by molar-refractivity contribution is -0.112. The lowest BCUT2D eigenvalue weighted by atomic mass is 10.1. The summed E-state index contributed by atoms with van der Waals surface area (Å²) in [4.78, 5) is 10.6. The molecule has 1 heterocycles. The molecule has 0 aliphatic heterocycles. The lowest BCUT2D eigenvalue weighted by Gasteiger charge is -2.04. The van der Waals surface area contributed by atoms with Gasteiger partial charge in [0.25, 0.3) is 0 Å². The van der Waals surface area contributed by atoms with Crippen LogP contribution in [0.5, 0.6) is 0 Å². The molecular weight excluding hydrogens is 156 g/mol. The smallest absolute Gasteiger partial charge is 0.138 e. The second-order valence-corrected chi connectivity index (χ2v) is 3.30. The Morgan fingerprint density at radius 3 is 2.92 bits per heavy atom. The van der Waals surface area contributed by atoms with Gasteiger partial charge in [0.1, 0.15) is 12.6 Å². The highest BCUT2D eigenvalue weighted by atomic mass is 16.1. The van der Waals surface area contributed by atoms with Crippen molar-refractivity contribution in [3.8, 4) is 0 Å². The molecule has 0 radical (unpaired) electrons. The average Bonchev–Trinajstić information content (AvgIpc) is 2.70. The van der Waals surface area contributed by atoms with Crippen molar-refractivity contribution in [1.29, 1.82) is 0 Å². The molecule has 0 unspecified atom stereocenters. The number of aldehydes is 1. The van der Waals surface area contributed by atoms with E-state index in [0.717, 1.165) is 32.1 Å². The van der Waals surface area contributed by atoms with Crippen molar-refractivity contribution in [1.82, 2.24) is 20.2 Å². The number of tetrazole rings is 1. The average molecular weight is 166 g/mol. The predicted octanol–water partition coefficient (Wildman–Crippen LogP) is 0.0423. The molecule has 12 heavy (non-hydrogen) atoms. The van der Waals surface area contributed by atoms with E-state index in [2.05, 4.69) is 15.5 Å². The molecule has 64 valence electrons. The zero-order valence-corrected chi connectivity index (χ0v) is 6.68. The maximum Gasteiger partial charge on any atom is 0.138 e. The Kier molecular flexibility index (Phi) is 1.64. The van der Waals surface area contributed by atoms with E-state index in [1.807, 2.05) is 0 Å². The summed E-state index contributed by atoms with van der Waals surface area (Å²) < 4.78 is 1.66. The second-order valence-electron chi connectivity index (χ2n) is 3.30. The molecule has 1 aromatic rings. The van der Waals surface area contributed by atoms with Crippen LogP contribution < -0.4 is 0 Å². The van der Waals surface area contributed by atoms with Crippen molar-refractivity contribution < 1.29 is 4.79 Å². The van der Waals surface area contributed by atoms with Crippen molar-refractivity contribution >= 4 is 6.29 Å². The summed E-state index contributed by atoms with van der Waals surface area (Å²) in [5.74, 6) is 0. The Bertz CT molecular complexity index is 265. The molecule has 0 spiro atoms. The summed E-state index contributed by atoms with van der Waals surface area (Å²) in [7, 11) is 0. The van der Waals surface area contributed by atoms with Crippen LogP contribution in [0.25, 0.3) is 0 Å². The maximum atomic E-state index is 10.6. The minimum Gasteiger partial charge on any atom is -0.303 e. The summed E-state index contributed by atoms with van der Waals surface area (Å²) in [5, 5.41) is 10.7. The number of aryl methyl sites for hydroxylation is 1. The molecule has 0 aromatic carbocycles. The summed E-state index contributed by atoms with van der Waals surface area (Å²) in [6.07, 6.45) is 5.55. The minimum absolute atomic E-state index is 0.0358. The molecule has 1 aliphatic carbocycles. The third-order valence-electron chi connectivity index (χ3n) is 2.37. The normalized spacial score (nSPS) is 19.0. The summed E-state index contributed by atoms with van der Waals surface area (Å²) >= 11 is 0. The minimum atomic E-state index is -0.0358. The van der Waals surface area contributed by atoms with Crippen molar-refractivity contribution in [3.05, 3.63) is 6.33 Å². The predicted molar refractivity (Wildman–Crippen MR) is 40.2 cm³/mol. The lowest BCUT2D eigenvalue weighted by Crippen LogP contribution is -2.08. The van der Waals surface area contributed by atoms with E-state index >= 15 is 0 Å². The quantitative estimate of drug-likeness (QED) is 0.592. The van der Waals surface area contributed by atoms with Gasteiger partial charge in [-0.15, -0.1) is 5.10 Å². The topological polar surface area (TPSA) is 60.7 Å². The molecule has 1 fully saturated rings. The fourth-order valence-electron chi connectivity index (χ4n) is 1.21. The van der Waals surface area contributed by atoms with E-state index in [1.165, 1.54) is 0 Å².